The molecule has 1 N–H and O–H groups in total. The summed E-state index contributed by atoms with van der Waals surface area (Å²) in [5, 5.41) is 12.0. The fourth-order valence-electron chi connectivity index (χ4n) is 2.56. The molecule has 0 bridgehead atoms. The van der Waals surface area contributed by atoms with Gasteiger partial charge in [0.1, 0.15) is 11.6 Å². The topological polar surface area (TPSA) is 67.4 Å². The number of halogens is 1. The van der Waals surface area contributed by atoms with Crippen molar-refractivity contribution in [2.45, 2.75) is 20.0 Å². The molecule has 8 heteroatoms. The van der Waals surface area contributed by atoms with Crippen LogP contribution in [0.4, 0.5) is 4.39 Å². The van der Waals surface area contributed by atoms with Gasteiger partial charge in [-0.1, -0.05) is 53.3 Å². The van der Waals surface area contributed by atoms with E-state index in [0.29, 0.717) is 31.2 Å². The molecule has 1 amide bonds. The Balaban J connectivity index is 1.43. The van der Waals surface area contributed by atoms with E-state index in [1.807, 2.05) is 43.1 Å². The lowest BCUT2D eigenvalue weighted by molar-refractivity contribution is 0.0950. The number of rotatable bonds is 9. The number of carbonyl (C=O) groups excluding carboxylic acids is 1. The molecule has 0 radical (unpaired) electrons. The third-order valence-electron chi connectivity index (χ3n) is 4.21. The Morgan fingerprint density at radius 3 is 2.69 bits per heavy atom. The molecule has 152 valence electrons. The Labute approximate surface area is 173 Å². The predicted molar refractivity (Wildman–Crippen MR) is 110 cm³/mol. The van der Waals surface area contributed by atoms with Crippen molar-refractivity contribution in [3.8, 4) is 5.75 Å². The molecular formula is C21H23FN4O2S. The van der Waals surface area contributed by atoms with E-state index in [9.17, 15) is 9.18 Å². The highest BCUT2D eigenvalue weighted by molar-refractivity contribution is 7.13. The van der Waals surface area contributed by atoms with E-state index in [4.69, 9.17) is 4.74 Å². The molecule has 3 rings (SSSR count). The lowest BCUT2D eigenvalue weighted by Crippen LogP contribution is -2.24. The molecule has 1 heterocycles. The van der Waals surface area contributed by atoms with Gasteiger partial charge in [0.15, 0.2) is 11.6 Å². The maximum absolute atomic E-state index is 13.5. The van der Waals surface area contributed by atoms with E-state index in [1.165, 1.54) is 23.0 Å². The van der Waals surface area contributed by atoms with Gasteiger partial charge in [-0.25, -0.2) is 4.39 Å². The number of ether oxygens (including phenoxy) is 1. The van der Waals surface area contributed by atoms with Crippen LogP contribution in [0.5, 0.6) is 5.75 Å². The summed E-state index contributed by atoms with van der Waals surface area (Å²) in [6.45, 7) is 3.93. The zero-order valence-electron chi connectivity index (χ0n) is 16.4. The van der Waals surface area contributed by atoms with Crippen molar-refractivity contribution in [1.29, 1.82) is 0 Å². The molecule has 0 saturated carbocycles. The molecule has 6 nitrogen and oxygen atoms in total. The molecule has 0 aliphatic carbocycles. The van der Waals surface area contributed by atoms with Gasteiger partial charge in [-0.3, -0.25) is 9.69 Å². The second kappa shape index (κ2) is 10.1. The minimum Gasteiger partial charge on any atom is -0.489 e. The Bertz CT molecular complexity index is 946. The van der Waals surface area contributed by atoms with Crippen molar-refractivity contribution in [2.24, 2.45) is 0 Å². The van der Waals surface area contributed by atoms with Crippen LogP contribution in [0.3, 0.4) is 0 Å². The van der Waals surface area contributed by atoms with E-state index in [-0.39, 0.29) is 17.5 Å². The maximum Gasteiger partial charge on any atom is 0.282 e. The molecule has 0 atom stereocenters. The summed E-state index contributed by atoms with van der Waals surface area (Å²) in [6.07, 6.45) is 0. The zero-order valence-corrected chi connectivity index (χ0v) is 17.2. The molecule has 0 fully saturated rings. The standard InChI is InChI=1S/C21H23FN4O2S/c1-15-7-9-16(10-8-15)13-23-20(27)21-25-24-19(29-21)14-26(2)11-12-28-18-6-4-3-5-17(18)22/h3-10H,11-14H2,1-2H3,(H,23,27). The summed E-state index contributed by atoms with van der Waals surface area (Å²) in [7, 11) is 1.91. The van der Waals surface area contributed by atoms with E-state index in [2.05, 4.69) is 15.5 Å². The van der Waals surface area contributed by atoms with Crippen molar-refractivity contribution < 1.29 is 13.9 Å². The van der Waals surface area contributed by atoms with Crippen LogP contribution in [0.25, 0.3) is 0 Å². The highest BCUT2D eigenvalue weighted by Gasteiger charge is 2.14. The molecule has 0 aliphatic rings. The number of nitrogens with zero attached hydrogens (tertiary/aromatic N) is 3. The van der Waals surface area contributed by atoms with Crippen LogP contribution in [0.1, 0.15) is 25.9 Å². The Morgan fingerprint density at radius 2 is 1.93 bits per heavy atom. The number of aromatic nitrogens is 2. The van der Waals surface area contributed by atoms with Gasteiger partial charge in [-0.2, -0.15) is 0 Å². The third kappa shape index (κ3) is 6.33. The largest absolute Gasteiger partial charge is 0.489 e. The summed E-state index contributed by atoms with van der Waals surface area (Å²) in [4.78, 5) is 14.3. The van der Waals surface area contributed by atoms with Crippen LogP contribution < -0.4 is 10.1 Å². The van der Waals surface area contributed by atoms with Crippen molar-refractivity contribution in [2.75, 3.05) is 20.2 Å². The first kappa shape index (κ1) is 20.9. The van der Waals surface area contributed by atoms with E-state index in [1.54, 1.807) is 18.2 Å². The fourth-order valence-corrected chi connectivity index (χ4v) is 3.39. The van der Waals surface area contributed by atoms with Gasteiger partial charge in [-0.05, 0) is 31.7 Å². The fraction of sp³-hybridized carbons (Fsp3) is 0.286. The molecule has 0 saturated heterocycles. The first-order valence-corrected chi connectivity index (χ1v) is 10.0. The minimum absolute atomic E-state index is 0.236. The summed E-state index contributed by atoms with van der Waals surface area (Å²) in [5.41, 5.74) is 2.21. The number of para-hydroxylation sites is 1. The quantitative estimate of drug-likeness (QED) is 0.581. The lowest BCUT2D eigenvalue weighted by Gasteiger charge is -2.15. The SMILES string of the molecule is Cc1ccc(CNC(=O)c2nnc(CN(C)CCOc3ccccc3F)s2)cc1. The summed E-state index contributed by atoms with van der Waals surface area (Å²) >= 11 is 1.26. The monoisotopic (exact) mass is 414 g/mol. The van der Waals surface area contributed by atoms with Crippen LogP contribution in [0, 0.1) is 12.7 Å². The highest BCUT2D eigenvalue weighted by atomic mass is 32.1. The Hall–Kier alpha value is -2.84. The van der Waals surface area contributed by atoms with Gasteiger partial charge < -0.3 is 10.1 Å². The van der Waals surface area contributed by atoms with Crippen molar-refractivity contribution in [3.05, 3.63) is 75.5 Å². The first-order valence-electron chi connectivity index (χ1n) is 9.23. The van der Waals surface area contributed by atoms with Crippen molar-refractivity contribution in [3.63, 3.8) is 0 Å². The molecule has 1 aromatic heterocycles. The van der Waals surface area contributed by atoms with Gasteiger partial charge in [0.2, 0.25) is 5.01 Å². The average molecular weight is 415 g/mol. The summed E-state index contributed by atoms with van der Waals surface area (Å²) in [6, 6.07) is 14.3. The molecular weight excluding hydrogens is 391 g/mol. The molecule has 0 spiro atoms. The van der Waals surface area contributed by atoms with Gasteiger partial charge in [0, 0.05) is 13.1 Å². The van der Waals surface area contributed by atoms with Crippen LogP contribution in [-0.2, 0) is 13.1 Å². The number of carbonyl (C=O) groups is 1. The first-order chi connectivity index (χ1) is 14.0. The predicted octanol–water partition coefficient (Wildman–Crippen LogP) is 3.43. The number of hydrogen-bond acceptors (Lipinski definition) is 6. The van der Waals surface area contributed by atoms with Gasteiger partial charge in [0.05, 0.1) is 6.54 Å². The number of hydrogen-bond donors (Lipinski definition) is 1. The molecule has 3 aromatic rings. The van der Waals surface area contributed by atoms with Gasteiger partial charge in [-0.15, -0.1) is 10.2 Å². The number of nitrogens with one attached hydrogen (secondary N) is 1. The van der Waals surface area contributed by atoms with E-state index >= 15 is 0 Å². The smallest absolute Gasteiger partial charge is 0.282 e. The molecule has 2 aromatic carbocycles. The van der Waals surface area contributed by atoms with Crippen LogP contribution in [0.2, 0.25) is 0 Å². The zero-order chi connectivity index (χ0) is 20.6. The minimum atomic E-state index is -0.374. The second-order valence-corrected chi connectivity index (χ2v) is 7.75. The summed E-state index contributed by atoms with van der Waals surface area (Å²) in [5.74, 6) is -0.371. The summed E-state index contributed by atoms with van der Waals surface area (Å²) < 4.78 is 19.0. The molecule has 0 unspecified atom stereocenters. The highest BCUT2D eigenvalue weighted by Crippen LogP contribution is 2.16. The van der Waals surface area contributed by atoms with Crippen LogP contribution >= 0.6 is 11.3 Å². The average Bonchev–Trinajstić information content (AvgIpc) is 3.17. The number of aryl methyl sites for hydroxylation is 1. The van der Waals surface area contributed by atoms with Crippen LogP contribution in [0.15, 0.2) is 48.5 Å². The third-order valence-corrected chi connectivity index (χ3v) is 5.11. The van der Waals surface area contributed by atoms with Crippen LogP contribution in [-0.4, -0.2) is 41.2 Å². The number of likely N-dealkylation sites (N-methyl/N-ethyl adjacent to an activating group) is 1. The number of benzene rings is 2. The van der Waals surface area contributed by atoms with Gasteiger partial charge >= 0.3 is 0 Å². The Morgan fingerprint density at radius 1 is 1.17 bits per heavy atom. The van der Waals surface area contributed by atoms with E-state index in [0.717, 1.165) is 10.6 Å². The maximum atomic E-state index is 13.5. The second-order valence-electron chi connectivity index (χ2n) is 6.69. The van der Waals surface area contributed by atoms with Gasteiger partial charge in [0.25, 0.3) is 5.91 Å². The normalized spacial score (nSPS) is 10.9. The molecule has 29 heavy (non-hydrogen) atoms. The van der Waals surface area contributed by atoms with Crippen molar-refractivity contribution >= 4 is 17.2 Å². The lowest BCUT2D eigenvalue weighted by atomic mass is 10.1. The van der Waals surface area contributed by atoms with Crippen molar-refractivity contribution in [1.82, 2.24) is 20.4 Å². The Kier molecular flexibility index (Phi) is 7.26. The number of amides is 1. The van der Waals surface area contributed by atoms with E-state index < -0.39 is 0 Å². The molecule has 0 aliphatic heterocycles.